The Morgan fingerprint density at radius 3 is 2.53 bits per heavy atom. The number of aromatic nitrogens is 2. The van der Waals surface area contributed by atoms with E-state index in [2.05, 4.69) is 29.5 Å². The lowest BCUT2D eigenvalue weighted by molar-refractivity contribution is -0.119. The van der Waals surface area contributed by atoms with E-state index in [1.807, 2.05) is 48.5 Å². The first-order valence-electron chi connectivity index (χ1n) is 10.7. The number of amides is 3. The van der Waals surface area contributed by atoms with Gasteiger partial charge in [-0.1, -0.05) is 68.1 Å². The van der Waals surface area contributed by atoms with Crippen LogP contribution in [0.4, 0.5) is 4.79 Å². The zero-order valence-electron chi connectivity index (χ0n) is 18.3. The quantitative estimate of drug-likeness (QED) is 0.379. The van der Waals surface area contributed by atoms with Gasteiger partial charge in [0.15, 0.2) is 5.16 Å². The van der Waals surface area contributed by atoms with Crippen LogP contribution in [0, 0.1) is 5.92 Å². The van der Waals surface area contributed by atoms with E-state index in [4.69, 9.17) is 0 Å². The van der Waals surface area contributed by atoms with Crippen molar-refractivity contribution in [2.75, 3.05) is 5.75 Å². The Kier molecular flexibility index (Phi) is 8.44. The third-order valence-electron chi connectivity index (χ3n) is 4.87. The molecule has 2 N–H and O–H groups in total. The molecule has 0 aliphatic carbocycles. The minimum Gasteiger partial charge on any atom is -0.334 e. The van der Waals surface area contributed by atoms with Crippen LogP contribution in [-0.4, -0.2) is 27.2 Å². The Bertz CT molecular complexity index is 1130. The molecule has 1 aromatic heterocycles. The van der Waals surface area contributed by atoms with Crippen molar-refractivity contribution in [1.29, 1.82) is 0 Å². The standard InChI is InChI=1S/C24H28N4O3S/c1-17(2)12-14-28-22(30)19-10-6-7-11-20(19)26-24(28)32-15-13-21(29)27-23(31)25-16-18-8-4-3-5-9-18/h3-11,17H,12-16H2,1-2H3,(H2,25,27,29,31). The van der Waals surface area contributed by atoms with E-state index < -0.39 is 6.03 Å². The molecule has 0 spiro atoms. The number of carbonyl (C=O) groups is 2. The number of hydrogen-bond acceptors (Lipinski definition) is 5. The number of hydrogen-bond donors (Lipinski definition) is 2. The predicted octanol–water partition coefficient (Wildman–Crippen LogP) is 3.95. The fraction of sp³-hybridized carbons (Fsp3) is 0.333. The Labute approximate surface area is 191 Å². The monoisotopic (exact) mass is 452 g/mol. The molecule has 7 nitrogen and oxygen atoms in total. The number of para-hydroxylation sites is 1. The fourth-order valence-corrected chi connectivity index (χ4v) is 4.05. The van der Waals surface area contributed by atoms with Crippen LogP contribution >= 0.6 is 11.8 Å². The van der Waals surface area contributed by atoms with Crippen molar-refractivity contribution in [3.05, 3.63) is 70.5 Å². The number of nitrogens with zero attached hydrogens (tertiary/aromatic N) is 2. The summed E-state index contributed by atoms with van der Waals surface area (Å²) in [5.74, 6) is 0.482. The van der Waals surface area contributed by atoms with Crippen molar-refractivity contribution in [2.45, 2.75) is 44.9 Å². The van der Waals surface area contributed by atoms with E-state index in [0.717, 1.165) is 12.0 Å². The smallest absolute Gasteiger partial charge is 0.321 e. The lowest BCUT2D eigenvalue weighted by atomic mass is 10.1. The van der Waals surface area contributed by atoms with Gasteiger partial charge in [0.1, 0.15) is 0 Å². The normalized spacial score (nSPS) is 11.0. The molecule has 2 aromatic carbocycles. The maximum absolute atomic E-state index is 13.0. The Morgan fingerprint density at radius 1 is 1.06 bits per heavy atom. The average molecular weight is 453 g/mol. The highest BCUT2D eigenvalue weighted by Crippen LogP contribution is 2.19. The summed E-state index contributed by atoms with van der Waals surface area (Å²) in [7, 11) is 0. The highest BCUT2D eigenvalue weighted by atomic mass is 32.2. The second-order valence-electron chi connectivity index (χ2n) is 7.87. The van der Waals surface area contributed by atoms with Gasteiger partial charge < -0.3 is 5.32 Å². The average Bonchev–Trinajstić information content (AvgIpc) is 2.78. The first kappa shape index (κ1) is 23.5. The number of nitrogens with one attached hydrogen (secondary N) is 2. The molecule has 8 heteroatoms. The van der Waals surface area contributed by atoms with Crippen LogP contribution in [0.1, 0.15) is 32.3 Å². The van der Waals surface area contributed by atoms with E-state index in [1.54, 1.807) is 10.6 Å². The van der Waals surface area contributed by atoms with Crippen molar-refractivity contribution in [1.82, 2.24) is 20.2 Å². The first-order chi connectivity index (χ1) is 15.4. The number of carbonyl (C=O) groups excluding carboxylic acids is 2. The summed E-state index contributed by atoms with van der Waals surface area (Å²) in [5.41, 5.74) is 1.53. The van der Waals surface area contributed by atoms with Crippen LogP contribution in [0.5, 0.6) is 0 Å². The minimum atomic E-state index is -0.526. The second kappa shape index (κ2) is 11.5. The van der Waals surface area contributed by atoms with Gasteiger partial charge in [0.05, 0.1) is 10.9 Å². The van der Waals surface area contributed by atoms with Gasteiger partial charge in [0.2, 0.25) is 5.91 Å². The van der Waals surface area contributed by atoms with E-state index in [0.29, 0.717) is 40.8 Å². The molecular formula is C24H28N4O3S. The van der Waals surface area contributed by atoms with Crippen LogP contribution in [0.3, 0.4) is 0 Å². The molecule has 3 aromatic rings. The van der Waals surface area contributed by atoms with E-state index >= 15 is 0 Å². The second-order valence-corrected chi connectivity index (χ2v) is 8.93. The zero-order chi connectivity index (χ0) is 22.9. The van der Waals surface area contributed by atoms with Gasteiger partial charge in [-0.3, -0.25) is 19.5 Å². The predicted molar refractivity (Wildman–Crippen MR) is 128 cm³/mol. The summed E-state index contributed by atoms with van der Waals surface area (Å²) < 4.78 is 1.69. The van der Waals surface area contributed by atoms with Gasteiger partial charge >= 0.3 is 6.03 Å². The van der Waals surface area contributed by atoms with Crippen LogP contribution in [0.15, 0.2) is 64.5 Å². The Balaban J connectivity index is 1.57. The summed E-state index contributed by atoms with van der Waals surface area (Å²) in [6, 6.07) is 16.2. The van der Waals surface area contributed by atoms with Gasteiger partial charge in [0, 0.05) is 25.3 Å². The molecule has 1 heterocycles. The van der Waals surface area contributed by atoms with Gasteiger partial charge in [-0.2, -0.15) is 0 Å². The van der Waals surface area contributed by atoms with E-state index in [1.165, 1.54) is 11.8 Å². The number of urea groups is 1. The maximum Gasteiger partial charge on any atom is 0.321 e. The van der Waals surface area contributed by atoms with Gasteiger partial charge in [-0.15, -0.1) is 0 Å². The number of rotatable bonds is 9. The minimum absolute atomic E-state index is 0.0662. The molecule has 0 saturated carbocycles. The van der Waals surface area contributed by atoms with E-state index in [9.17, 15) is 14.4 Å². The zero-order valence-corrected chi connectivity index (χ0v) is 19.2. The van der Waals surface area contributed by atoms with Crippen molar-refractivity contribution in [3.63, 3.8) is 0 Å². The molecule has 0 saturated heterocycles. The molecular weight excluding hydrogens is 424 g/mol. The molecule has 3 amide bonds. The lowest BCUT2D eigenvalue weighted by Crippen LogP contribution is -2.39. The largest absolute Gasteiger partial charge is 0.334 e. The molecule has 0 aliphatic heterocycles. The van der Waals surface area contributed by atoms with Gasteiger partial charge in [0.25, 0.3) is 5.56 Å². The summed E-state index contributed by atoms with van der Waals surface area (Å²) in [6.07, 6.45) is 0.992. The highest BCUT2D eigenvalue weighted by Gasteiger charge is 2.13. The molecule has 0 aliphatic rings. The van der Waals surface area contributed by atoms with Gasteiger partial charge in [-0.05, 0) is 30.0 Å². The topological polar surface area (TPSA) is 93.1 Å². The third kappa shape index (κ3) is 6.68. The molecule has 168 valence electrons. The molecule has 3 rings (SSSR count). The molecule has 0 bridgehead atoms. The van der Waals surface area contributed by atoms with Gasteiger partial charge in [-0.25, -0.2) is 9.78 Å². The van der Waals surface area contributed by atoms with Crippen molar-refractivity contribution >= 4 is 34.6 Å². The summed E-state index contributed by atoms with van der Waals surface area (Å²) in [4.78, 5) is 41.7. The van der Waals surface area contributed by atoms with Crippen molar-refractivity contribution < 1.29 is 9.59 Å². The molecule has 32 heavy (non-hydrogen) atoms. The third-order valence-corrected chi connectivity index (χ3v) is 5.84. The lowest BCUT2D eigenvalue weighted by Gasteiger charge is -2.14. The fourth-order valence-electron chi connectivity index (χ4n) is 3.09. The molecule has 0 unspecified atom stereocenters. The summed E-state index contributed by atoms with van der Waals surface area (Å²) in [6.45, 7) is 5.14. The van der Waals surface area contributed by atoms with Crippen LogP contribution in [0.2, 0.25) is 0 Å². The SMILES string of the molecule is CC(C)CCn1c(SCCC(=O)NC(=O)NCc2ccccc2)nc2ccccc2c1=O. The Hall–Kier alpha value is -3.13. The molecule has 0 atom stereocenters. The van der Waals surface area contributed by atoms with E-state index in [-0.39, 0.29) is 17.9 Å². The summed E-state index contributed by atoms with van der Waals surface area (Å²) >= 11 is 1.35. The maximum atomic E-state index is 13.0. The highest BCUT2D eigenvalue weighted by molar-refractivity contribution is 7.99. The van der Waals surface area contributed by atoms with Crippen LogP contribution < -0.4 is 16.2 Å². The Morgan fingerprint density at radius 2 is 1.78 bits per heavy atom. The van der Waals surface area contributed by atoms with Crippen molar-refractivity contribution in [2.24, 2.45) is 5.92 Å². The number of fused-ring (bicyclic) bond motifs is 1. The summed E-state index contributed by atoms with van der Waals surface area (Å²) in [5, 5.41) is 6.19. The number of benzene rings is 2. The number of thioether (sulfide) groups is 1. The van der Waals surface area contributed by atoms with Crippen LogP contribution in [-0.2, 0) is 17.9 Å². The first-order valence-corrected chi connectivity index (χ1v) is 11.7. The van der Waals surface area contributed by atoms with Crippen molar-refractivity contribution in [3.8, 4) is 0 Å². The molecule has 0 radical (unpaired) electrons. The molecule has 0 fully saturated rings. The van der Waals surface area contributed by atoms with Crippen LogP contribution in [0.25, 0.3) is 10.9 Å². The number of imide groups is 1.